The largest absolute Gasteiger partial charge is 0.496 e. The monoisotopic (exact) mass is 641 g/mol. The number of nitro benzene ring substituents is 1. The third-order valence-electron chi connectivity index (χ3n) is 9.14. The van der Waals surface area contributed by atoms with E-state index in [1.165, 1.54) is 19.2 Å². The molecule has 0 radical (unpaired) electrons. The highest BCUT2D eigenvalue weighted by Crippen LogP contribution is 2.32. The van der Waals surface area contributed by atoms with Gasteiger partial charge in [0.1, 0.15) is 5.75 Å². The SMILES string of the molecule is COc1ccc([N+](=O)[O-])cc1Cn1cc(CN2[C@H](C)CN(C(=O)c3cc(-c4cccc5ccccc45)nc4ccccc34)C[C@@H]2C)nn1. The van der Waals surface area contributed by atoms with Crippen molar-refractivity contribution < 1.29 is 14.5 Å². The Labute approximate surface area is 277 Å². The molecule has 0 aliphatic carbocycles. The quantitative estimate of drug-likeness (QED) is 0.139. The number of pyridine rings is 1. The molecule has 6 aromatic rings. The maximum absolute atomic E-state index is 14.3. The summed E-state index contributed by atoms with van der Waals surface area (Å²) in [5, 5.41) is 23.0. The summed E-state index contributed by atoms with van der Waals surface area (Å²) in [6, 6.07) is 28.8. The van der Waals surface area contributed by atoms with Crippen LogP contribution in [0.25, 0.3) is 32.9 Å². The summed E-state index contributed by atoms with van der Waals surface area (Å²) in [6.07, 6.45) is 1.85. The van der Waals surface area contributed by atoms with Crippen molar-refractivity contribution in [3.05, 3.63) is 124 Å². The first kappa shape index (κ1) is 30.9. The summed E-state index contributed by atoms with van der Waals surface area (Å²) < 4.78 is 7.07. The lowest BCUT2D eigenvalue weighted by Gasteiger charge is -2.44. The van der Waals surface area contributed by atoms with E-state index >= 15 is 0 Å². The zero-order chi connectivity index (χ0) is 33.4. The number of aromatic nitrogens is 4. The van der Waals surface area contributed by atoms with Crippen LogP contribution in [-0.2, 0) is 13.1 Å². The summed E-state index contributed by atoms with van der Waals surface area (Å²) in [5.74, 6) is 0.539. The first-order valence-electron chi connectivity index (χ1n) is 15.9. The van der Waals surface area contributed by atoms with E-state index in [1.807, 2.05) is 59.6 Å². The van der Waals surface area contributed by atoms with Crippen molar-refractivity contribution >= 4 is 33.3 Å². The number of nitrogens with zero attached hydrogens (tertiary/aromatic N) is 7. The molecule has 1 fully saturated rings. The molecule has 0 bridgehead atoms. The number of nitro groups is 1. The number of non-ortho nitro benzene ring substituents is 1. The van der Waals surface area contributed by atoms with Crippen LogP contribution in [0.5, 0.6) is 5.75 Å². The molecular weight excluding hydrogens is 606 g/mol. The van der Waals surface area contributed by atoms with E-state index in [1.54, 1.807) is 10.7 Å². The number of carbonyl (C=O) groups is 1. The van der Waals surface area contributed by atoms with Gasteiger partial charge in [0.05, 0.1) is 47.2 Å². The zero-order valence-corrected chi connectivity index (χ0v) is 27.0. The van der Waals surface area contributed by atoms with Crippen LogP contribution in [0, 0.1) is 10.1 Å². The van der Waals surface area contributed by atoms with Crippen molar-refractivity contribution in [2.75, 3.05) is 20.2 Å². The zero-order valence-electron chi connectivity index (χ0n) is 27.0. The summed E-state index contributed by atoms with van der Waals surface area (Å²) in [7, 11) is 1.53. The van der Waals surface area contributed by atoms with Crippen LogP contribution in [0.15, 0.2) is 97.2 Å². The third-order valence-corrected chi connectivity index (χ3v) is 9.14. The highest BCUT2D eigenvalue weighted by molar-refractivity contribution is 6.08. The van der Waals surface area contributed by atoms with E-state index in [9.17, 15) is 14.9 Å². The highest BCUT2D eigenvalue weighted by Gasteiger charge is 2.33. The molecule has 4 aromatic carbocycles. The fraction of sp³-hybridized carbons (Fsp3) is 0.243. The molecular formula is C37H35N7O4. The van der Waals surface area contributed by atoms with Gasteiger partial charge in [0.15, 0.2) is 0 Å². The Morgan fingerprint density at radius 1 is 0.917 bits per heavy atom. The van der Waals surface area contributed by atoms with Crippen LogP contribution in [0.2, 0.25) is 0 Å². The number of methoxy groups -OCH3 is 1. The summed E-state index contributed by atoms with van der Waals surface area (Å²) in [6.45, 7) is 6.21. The fourth-order valence-corrected chi connectivity index (χ4v) is 6.80. The summed E-state index contributed by atoms with van der Waals surface area (Å²) >= 11 is 0. The number of para-hydroxylation sites is 1. The van der Waals surface area contributed by atoms with Gasteiger partial charge in [0.25, 0.3) is 11.6 Å². The van der Waals surface area contributed by atoms with E-state index < -0.39 is 4.92 Å². The molecule has 0 unspecified atom stereocenters. The van der Waals surface area contributed by atoms with Gasteiger partial charge in [-0.25, -0.2) is 9.67 Å². The van der Waals surface area contributed by atoms with E-state index in [-0.39, 0.29) is 30.2 Å². The number of ether oxygens (including phenoxy) is 1. The number of hydrogen-bond donors (Lipinski definition) is 0. The number of rotatable bonds is 8. The highest BCUT2D eigenvalue weighted by atomic mass is 16.6. The molecule has 1 saturated heterocycles. The molecule has 7 rings (SSSR count). The average molecular weight is 642 g/mol. The molecule has 2 atom stereocenters. The van der Waals surface area contributed by atoms with Gasteiger partial charge in [-0.1, -0.05) is 65.9 Å². The van der Waals surface area contributed by atoms with Gasteiger partial charge in [-0.05, 0) is 42.8 Å². The lowest BCUT2D eigenvalue weighted by molar-refractivity contribution is -0.384. The van der Waals surface area contributed by atoms with E-state index in [2.05, 4.69) is 53.3 Å². The smallest absolute Gasteiger partial charge is 0.270 e. The van der Waals surface area contributed by atoms with Crippen molar-refractivity contribution in [3.8, 4) is 17.0 Å². The number of piperazine rings is 1. The van der Waals surface area contributed by atoms with Gasteiger partial charge in [0, 0.05) is 60.4 Å². The van der Waals surface area contributed by atoms with Gasteiger partial charge in [0.2, 0.25) is 0 Å². The minimum Gasteiger partial charge on any atom is -0.496 e. The first-order valence-corrected chi connectivity index (χ1v) is 15.9. The van der Waals surface area contributed by atoms with Crippen molar-refractivity contribution in [1.29, 1.82) is 0 Å². The van der Waals surface area contributed by atoms with Crippen molar-refractivity contribution in [2.24, 2.45) is 0 Å². The molecule has 11 heteroatoms. The molecule has 242 valence electrons. The Morgan fingerprint density at radius 3 is 2.42 bits per heavy atom. The lowest BCUT2D eigenvalue weighted by atomic mass is 9.98. The number of amides is 1. The minimum absolute atomic E-state index is 0.00856. The van der Waals surface area contributed by atoms with Gasteiger partial charge in [-0.15, -0.1) is 5.10 Å². The van der Waals surface area contributed by atoms with Gasteiger partial charge in [-0.2, -0.15) is 0 Å². The Hall–Kier alpha value is -5.68. The second kappa shape index (κ2) is 12.8. The Bertz CT molecular complexity index is 2150. The van der Waals surface area contributed by atoms with Crippen LogP contribution < -0.4 is 4.74 Å². The van der Waals surface area contributed by atoms with E-state index in [0.717, 1.165) is 38.6 Å². The Morgan fingerprint density at radius 2 is 1.65 bits per heavy atom. The Kier molecular flexibility index (Phi) is 8.28. The number of benzene rings is 4. The van der Waals surface area contributed by atoms with Gasteiger partial charge in [-0.3, -0.25) is 19.8 Å². The van der Waals surface area contributed by atoms with E-state index in [4.69, 9.17) is 9.72 Å². The van der Waals surface area contributed by atoms with E-state index in [0.29, 0.717) is 36.5 Å². The standard InChI is InChI=1S/C37H35N7O4/c1-24-19-41(20-25(2)43(24)23-28-22-42(40-39-28)21-27-17-29(44(46)47)15-16-36(27)48-3)37(45)33-18-35(38-34-14-7-6-12-32(33)34)31-13-8-10-26-9-4-5-11-30(26)31/h4-18,22,24-25H,19-21,23H2,1-3H3/t24-,25+. The minimum atomic E-state index is -0.427. The van der Waals surface area contributed by atoms with Crippen LogP contribution in [0.1, 0.15) is 35.5 Å². The molecule has 0 saturated carbocycles. The number of fused-ring (bicyclic) bond motifs is 2. The van der Waals surface area contributed by atoms with Gasteiger partial charge >= 0.3 is 0 Å². The normalized spacial score (nSPS) is 16.8. The Balaban J connectivity index is 1.10. The van der Waals surface area contributed by atoms with Crippen LogP contribution in [0.3, 0.4) is 0 Å². The molecule has 48 heavy (non-hydrogen) atoms. The molecule has 2 aromatic heterocycles. The maximum atomic E-state index is 14.3. The molecule has 0 spiro atoms. The number of hydrogen-bond acceptors (Lipinski definition) is 8. The number of carbonyl (C=O) groups excluding carboxylic acids is 1. The fourth-order valence-electron chi connectivity index (χ4n) is 6.80. The van der Waals surface area contributed by atoms with Crippen molar-refractivity contribution in [3.63, 3.8) is 0 Å². The molecule has 1 amide bonds. The summed E-state index contributed by atoms with van der Waals surface area (Å²) in [5.41, 5.74) is 4.62. The molecule has 0 N–H and O–H groups in total. The van der Waals surface area contributed by atoms with Crippen LogP contribution in [-0.4, -0.2) is 72.9 Å². The molecule has 1 aliphatic heterocycles. The molecule has 3 heterocycles. The first-order chi connectivity index (χ1) is 23.3. The van der Waals surface area contributed by atoms with Gasteiger partial charge < -0.3 is 9.64 Å². The van der Waals surface area contributed by atoms with Crippen molar-refractivity contribution in [1.82, 2.24) is 29.8 Å². The van der Waals surface area contributed by atoms with Crippen LogP contribution in [0.4, 0.5) is 5.69 Å². The second-order valence-electron chi connectivity index (χ2n) is 12.3. The topological polar surface area (TPSA) is 120 Å². The average Bonchev–Trinajstić information content (AvgIpc) is 3.55. The maximum Gasteiger partial charge on any atom is 0.270 e. The van der Waals surface area contributed by atoms with Crippen LogP contribution >= 0.6 is 0 Å². The second-order valence-corrected chi connectivity index (χ2v) is 12.3. The molecule has 11 nitrogen and oxygen atoms in total. The molecule has 1 aliphatic rings. The summed E-state index contributed by atoms with van der Waals surface area (Å²) in [4.78, 5) is 34.5. The predicted molar refractivity (Wildman–Crippen MR) is 184 cm³/mol. The van der Waals surface area contributed by atoms with Crippen molar-refractivity contribution in [2.45, 2.75) is 39.0 Å². The lowest BCUT2D eigenvalue weighted by Crippen LogP contribution is -2.57. The third kappa shape index (κ3) is 5.95. The predicted octanol–water partition coefficient (Wildman–Crippen LogP) is 6.35.